The lowest BCUT2D eigenvalue weighted by Crippen LogP contribution is -2.23. The molecule has 0 heterocycles. The number of hydrogen-bond acceptors (Lipinski definition) is 1. The highest BCUT2D eigenvalue weighted by Gasteiger charge is 2.17. The van der Waals surface area contributed by atoms with E-state index in [1.54, 1.807) is 0 Å². The summed E-state index contributed by atoms with van der Waals surface area (Å²) in [6.45, 7) is 6.77. The van der Waals surface area contributed by atoms with Gasteiger partial charge in [0.2, 0.25) is 0 Å². The van der Waals surface area contributed by atoms with Crippen molar-refractivity contribution in [2.24, 2.45) is 0 Å². The summed E-state index contributed by atoms with van der Waals surface area (Å²) in [5.74, 6) is -1.10. The van der Waals surface area contributed by atoms with E-state index < -0.39 is 11.6 Å². The number of nitrogens with one attached hydrogen (secondary N) is 1. The summed E-state index contributed by atoms with van der Waals surface area (Å²) in [5.41, 5.74) is 3.97. The molecule has 20 heavy (non-hydrogen) atoms. The van der Waals surface area contributed by atoms with Gasteiger partial charge in [0.15, 0.2) is 0 Å². The largest absolute Gasteiger partial charge is 0.307 e. The first-order valence-electron chi connectivity index (χ1n) is 6.78. The van der Waals surface area contributed by atoms with Gasteiger partial charge in [-0.2, -0.15) is 0 Å². The maximum Gasteiger partial charge on any atom is 0.126 e. The standard InChI is InChI=1S/C17H19F2N/c1-4-20-17(13-8-14(18)10-15(19)9-13)16-7-5-6-11(2)12(16)3/h5-10,17,20H,4H2,1-3H3. The molecule has 0 saturated heterocycles. The van der Waals surface area contributed by atoms with Gasteiger partial charge in [-0.05, 0) is 54.8 Å². The molecule has 0 spiro atoms. The normalized spacial score (nSPS) is 12.4. The van der Waals surface area contributed by atoms with Crippen molar-refractivity contribution in [3.63, 3.8) is 0 Å². The van der Waals surface area contributed by atoms with E-state index >= 15 is 0 Å². The minimum absolute atomic E-state index is 0.204. The maximum absolute atomic E-state index is 13.5. The Kier molecular flexibility index (Phi) is 4.50. The quantitative estimate of drug-likeness (QED) is 0.878. The molecule has 0 amide bonds. The van der Waals surface area contributed by atoms with Gasteiger partial charge in [0.05, 0.1) is 6.04 Å². The van der Waals surface area contributed by atoms with E-state index in [4.69, 9.17) is 0 Å². The third kappa shape index (κ3) is 3.05. The van der Waals surface area contributed by atoms with E-state index in [-0.39, 0.29) is 6.04 Å². The van der Waals surface area contributed by atoms with Crippen LogP contribution < -0.4 is 5.32 Å². The zero-order valence-corrected chi connectivity index (χ0v) is 12.0. The Hall–Kier alpha value is -1.74. The van der Waals surface area contributed by atoms with Gasteiger partial charge < -0.3 is 5.32 Å². The average molecular weight is 275 g/mol. The molecular formula is C17H19F2N. The molecule has 0 aliphatic rings. The SMILES string of the molecule is CCNC(c1cc(F)cc(F)c1)c1cccc(C)c1C. The molecule has 2 aromatic rings. The highest BCUT2D eigenvalue weighted by atomic mass is 19.1. The summed E-state index contributed by atoms with van der Waals surface area (Å²) < 4.78 is 26.9. The molecule has 1 N–H and O–H groups in total. The second-order valence-electron chi connectivity index (χ2n) is 4.98. The van der Waals surface area contributed by atoms with Gasteiger partial charge >= 0.3 is 0 Å². The molecule has 1 unspecified atom stereocenters. The molecule has 0 radical (unpaired) electrons. The predicted octanol–water partition coefficient (Wildman–Crippen LogP) is 4.28. The summed E-state index contributed by atoms with van der Waals surface area (Å²) in [6, 6.07) is 9.47. The third-order valence-corrected chi connectivity index (χ3v) is 3.58. The maximum atomic E-state index is 13.5. The van der Waals surface area contributed by atoms with E-state index in [1.165, 1.54) is 17.7 Å². The highest BCUT2D eigenvalue weighted by Crippen LogP contribution is 2.27. The van der Waals surface area contributed by atoms with E-state index in [1.807, 2.05) is 39.0 Å². The van der Waals surface area contributed by atoms with Crippen LogP contribution in [0.5, 0.6) is 0 Å². The van der Waals surface area contributed by atoms with Crippen molar-refractivity contribution in [1.82, 2.24) is 5.32 Å². The smallest absolute Gasteiger partial charge is 0.126 e. The molecule has 0 saturated carbocycles. The van der Waals surface area contributed by atoms with E-state index in [2.05, 4.69) is 5.32 Å². The van der Waals surface area contributed by atoms with Crippen LogP contribution in [0.2, 0.25) is 0 Å². The van der Waals surface area contributed by atoms with Crippen LogP contribution in [-0.2, 0) is 0 Å². The summed E-state index contributed by atoms with van der Waals surface area (Å²) in [6.07, 6.45) is 0. The Bertz CT molecular complexity index is 588. The van der Waals surface area contributed by atoms with Gasteiger partial charge in [0, 0.05) is 6.07 Å². The minimum Gasteiger partial charge on any atom is -0.307 e. The van der Waals surface area contributed by atoms with Gasteiger partial charge in [-0.3, -0.25) is 0 Å². The minimum atomic E-state index is -0.548. The molecule has 2 rings (SSSR count). The zero-order chi connectivity index (χ0) is 14.7. The molecule has 0 bridgehead atoms. The first-order valence-corrected chi connectivity index (χ1v) is 6.78. The zero-order valence-electron chi connectivity index (χ0n) is 12.0. The number of benzene rings is 2. The van der Waals surface area contributed by atoms with Gasteiger partial charge in [-0.15, -0.1) is 0 Å². The Balaban J connectivity index is 2.53. The molecule has 1 atom stereocenters. The number of halogens is 2. The summed E-state index contributed by atoms with van der Waals surface area (Å²) >= 11 is 0. The molecule has 2 aromatic carbocycles. The molecule has 3 heteroatoms. The number of hydrogen-bond donors (Lipinski definition) is 1. The van der Waals surface area contributed by atoms with Crippen LogP contribution in [0.4, 0.5) is 8.78 Å². The number of rotatable bonds is 4. The fraction of sp³-hybridized carbons (Fsp3) is 0.294. The van der Waals surface area contributed by atoms with Crippen LogP contribution >= 0.6 is 0 Å². The molecule has 0 aliphatic heterocycles. The van der Waals surface area contributed by atoms with Crippen molar-refractivity contribution in [3.8, 4) is 0 Å². The van der Waals surface area contributed by atoms with Crippen molar-refractivity contribution in [2.45, 2.75) is 26.8 Å². The molecule has 0 fully saturated rings. The second-order valence-corrected chi connectivity index (χ2v) is 4.98. The van der Waals surface area contributed by atoms with Gasteiger partial charge in [-0.1, -0.05) is 25.1 Å². The summed E-state index contributed by atoms with van der Waals surface area (Å²) in [7, 11) is 0. The van der Waals surface area contributed by atoms with E-state index in [0.29, 0.717) is 5.56 Å². The highest BCUT2D eigenvalue weighted by molar-refractivity contribution is 5.40. The third-order valence-electron chi connectivity index (χ3n) is 3.58. The second kappa shape index (κ2) is 6.14. The van der Waals surface area contributed by atoms with Crippen molar-refractivity contribution in [2.75, 3.05) is 6.54 Å². The lowest BCUT2D eigenvalue weighted by molar-refractivity contribution is 0.564. The number of aryl methyl sites for hydroxylation is 1. The van der Waals surface area contributed by atoms with Crippen LogP contribution in [0.25, 0.3) is 0 Å². The molecule has 106 valence electrons. The van der Waals surface area contributed by atoms with Crippen LogP contribution in [0, 0.1) is 25.5 Å². The lowest BCUT2D eigenvalue weighted by atomic mass is 9.92. The van der Waals surface area contributed by atoms with Gasteiger partial charge in [-0.25, -0.2) is 8.78 Å². The van der Waals surface area contributed by atoms with Crippen LogP contribution in [0.15, 0.2) is 36.4 Å². The van der Waals surface area contributed by atoms with Crippen LogP contribution in [-0.4, -0.2) is 6.54 Å². The van der Waals surface area contributed by atoms with Crippen molar-refractivity contribution in [3.05, 3.63) is 70.3 Å². The molecule has 0 aromatic heterocycles. The molecule has 1 nitrogen and oxygen atoms in total. The first kappa shape index (κ1) is 14.7. The summed E-state index contributed by atoms with van der Waals surface area (Å²) in [4.78, 5) is 0. The molecular weight excluding hydrogens is 256 g/mol. The fourth-order valence-electron chi connectivity index (χ4n) is 2.44. The van der Waals surface area contributed by atoms with E-state index in [0.717, 1.165) is 23.7 Å². The average Bonchev–Trinajstić information content (AvgIpc) is 2.38. The van der Waals surface area contributed by atoms with Gasteiger partial charge in [0.1, 0.15) is 11.6 Å². The predicted molar refractivity (Wildman–Crippen MR) is 77.8 cm³/mol. The van der Waals surface area contributed by atoms with Crippen LogP contribution in [0.1, 0.15) is 35.2 Å². The van der Waals surface area contributed by atoms with Crippen molar-refractivity contribution in [1.29, 1.82) is 0 Å². The fourth-order valence-corrected chi connectivity index (χ4v) is 2.44. The van der Waals surface area contributed by atoms with Crippen LogP contribution in [0.3, 0.4) is 0 Å². The Morgan fingerprint density at radius 2 is 1.70 bits per heavy atom. The monoisotopic (exact) mass is 275 g/mol. The summed E-state index contributed by atoms with van der Waals surface area (Å²) in [5, 5.41) is 3.30. The van der Waals surface area contributed by atoms with Gasteiger partial charge in [0.25, 0.3) is 0 Å². The lowest BCUT2D eigenvalue weighted by Gasteiger charge is -2.22. The first-order chi connectivity index (χ1) is 9.52. The van der Waals surface area contributed by atoms with Crippen molar-refractivity contribution >= 4 is 0 Å². The van der Waals surface area contributed by atoms with Crippen molar-refractivity contribution < 1.29 is 8.78 Å². The topological polar surface area (TPSA) is 12.0 Å². The molecule has 0 aliphatic carbocycles. The van der Waals surface area contributed by atoms with E-state index in [9.17, 15) is 8.78 Å². The Morgan fingerprint density at radius 1 is 1.05 bits per heavy atom. The Morgan fingerprint density at radius 3 is 2.30 bits per heavy atom. The Labute approximate surface area is 118 Å².